The number of hydrogen-bond donors (Lipinski definition) is 1. The van der Waals surface area contributed by atoms with E-state index < -0.39 is 0 Å². The number of rotatable bonds is 4. The summed E-state index contributed by atoms with van der Waals surface area (Å²) < 4.78 is 1.15. The molecule has 1 amide bonds. The summed E-state index contributed by atoms with van der Waals surface area (Å²) >= 11 is 6.04. The molecule has 0 aliphatic carbocycles. The van der Waals surface area contributed by atoms with Crippen LogP contribution in [0.2, 0.25) is 5.02 Å². The van der Waals surface area contributed by atoms with Gasteiger partial charge in [-0.3, -0.25) is 9.59 Å². The minimum atomic E-state index is -0.370. The van der Waals surface area contributed by atoms with E-state index in [9.17, 15) is 9.59 Å². The molecule has 2 aromatic carbocycles. The summed E-state index contributed by atoms with van der Waals surface area (Å²) in [6.07, 6.45) is 0. The van der Waals surface area contributed by atoms with Crippen molar-refractivity contribution in [3.05, 3.63) is 81.1 Å². The molecule has 0 saturated carbocycles. The third kappa shape index (κ3) is 4.00. The molecule has 3 rings (SSSR count). The molecule has 1 N–H and O–H groups in total. The Labute approximate surface area is 156 Å². The van der Waals surface area contributed by atoms with Crippen LogP contribution in [0.25, 0.3) is 11.3 Å². The molecule has 0 spiro atoms. The van der Waals surface area contributed by atoms with Crippen LogP contribution in [-0.2, 0) is 11.3 Å². The van der Waals surface area contributed by atoms with Crippen LogP contribution in [0.1, 0.15) is 11.1 Å². The Kier molecular flexibility index (Phi) is 5.19. The number of hydrogen-bond acceptors (Lipinski definition) is 3. The van der Waals surface area contributed by atoms with Gasteiger partial charge in [-0.1, -0.05) is 47.5 Å². The largest absolute Gasteiger partial charge is 0.323 e. The molecule has 1 aromatic heterocycles. The highest BCUT2D eigenvalue weighted by Crippen LogP contribution is 2.22. The number of anilines is 1. The Hall–Kier alpha value is -2.92. The minimum Gasteiger partial charge on any atom is -0.323 e. The SMILES string of the molecule is Cc1ccc(-c2ccc(=O)n(CC(=O)Nc3ccccc3Cl)n2)c(C)c1. The molecule has 0 bridgehead atoms. The fourth-order valence-electron chi connectivity index (χ4n) is 2.70. The maximum atomic E-state index is 12.3. The molecule has 1 heterocycles. The summed E-state index contributed by atoms with van der Waals surface area (Å²) in [6, 6.07) is 16.0. The predicted octanol–water partition coefficient (Wildman–Crippen LogP) is 3.82. The van der Waals surface area contributed by atoms with E-state index in [1.807, 2.05) is 26.0 Å². The highest BCUT2D eigenvalue weighted by molar-refractivity contribution is 6.33. The molecule has 6 heteroatoms. The lowest BCUT2D eigenvalue weighted by atomic mass is 10.0. The quantitative estimate of drug-likeness (QED) is 0.762. The van der Waals surface area contributed by atoms with Gasteiger partial charge in [-0.2, -0.15) is 5.10 Å². The number of benzene rings is 2. The first-order chi connectivity index (χ1) is 12.4. The molecular formula is C20H18ClN3O2. The second-order valence-electron chi connectivity index (χ2n) is 6.06. The molecular weight excluding hydrogens is 350 g/mol. The van der Waals surface area contributed by atoms with Crippen molar-refractivity contribution >= 4 is 23.2 Å². The molecule has 26 heavy (non-hydrogen) atoms. The smallest absolute Gasteiger partial charge is 0.267 e. The standard InChI is InChI=1S/C20H18ClN3O2/c1-13-7-8-15(14(2)11-13)17-9-10-20(26)24(23-17)12-19(25)22-18-6-4-3-5-16(18)21/h3-11H,12H2,1-2H3,(H,22,25). The first-order valence-electron chi connectivity index (χ1n) is 8.14. The zero-order valence-electron chi connectivity index (χ0n) is 14.5. The van der Waals surface area contributed by atoms with Gasteiger partial charge in [-0.25, -0.2) is 4.68 Å². The summed E-state index contributed by atoms with van der Waals surface area (Å²) in [5.41, 5.74) is 3.94. The average molecular weight is 368 g/mol. The van der Waals surface area contributed by atoms with Crippen LogP contribution in [0, 0.1) is 13.8 Å². The highest BCUT2D eigenvalue weighted by Gasteiger charge is 2.11. The Balaban J connectivity index is 1.85. The molecule has 3 aromatic rings. The van der Waals surface area contributed by atoms with Crippen LogP contribution in [0.15, 0.2) is 59.4 Å². The van der Waals surface area contributed by atoms with E-state index in [0.29, 0.717) is 16.4 Å². The second-order valence-corrected chi connectivity index (χ2v) is 6.47. The lowest BCUT2D eigenvalue weighted by Crippen LogP contribution is -2.29. The van der Waals surface area contributed by atoms with Gasteiger partial charge in [0.05, 0.1) is 16.4 Å². The third-order valence-corrected chi connectivity index (χ3v) is 4.30. The Bertz CT molecular complexity index is 1030. The van der Waals surface area contributed by atoms with Crippen molar-refractivity contribution < 1.29 is 4.79 Å². The first-order valence-corrected chi connectivity index (χ1v) is 8.52. The molecule has 0 aliphatic rings. The number of halogens is 1. The summed E-state index contributed by atoms with van der Waals surface area (Å²) in [5, 5.41) is 7.48. The zero-order valence-corrected chi connectivity index (χ0v) is 15.2. The Morgan fingerprint density at radius 3 is 2.62 bits per heavy atom. The van der Waals surface area contributed by atoms with Crippen molar-refractivity contribution in [3.63, 3.8) is 0 Å². The normalized spacial score (nSPS) is 10.6. The van der Waals surface area contributed by atoms with E-state index >= 15 is 0 Å². The summed E-state index contributed by atoms with van der Waals surface area (Å²) in [4.78, 5) is 24.4. The molecule has 0 unspecified atom stereocenters. The molecule has 0 aliphatic heterocycles. The number of carbonyl (C=O) groups excluding carboxylic acids is 1. The number of para-hydroxylation sites is 1. The summed E-state index contributed by atoms with van der Waals surface area (Å²) in [6.45, 7) is 3.82. The van der Waals surface area contributed by atoms with Crippen LogP contribution in [0.4, 0.5) is 5.69 Å². The molecule has 0 fully saturated rings. The lowest BCUT2D eigenvalue weighted by Gasteiger charge is -2.10. The number of nitrogens with zero attached hydrogens (tertiary/aromatic N) is 2. The number of aromatic nitrogens is 2. The van der Waals surface area contributed by atoms with Crippen molar-refractivity contribution in [3.8, 4) is 11.3 Å². The van der Waals surface area contributed by atoms with Gasteiger partial charge in [0, 0.05) is 11.6 Å². The fourth-order valence-corrected chi connectivity index (χ4v) is 2.88. The van der Waals surface area contributed by atoms with Crippen LogP contribution in [0.3, 0.4) is 0 Å². The van der Waals surface area contributed by atoms with Crippen LogP contribution >= 0.6 is 11.6 Å². The Morgan fingerprint density at radius 1 is 1.12 bits per heavy atom. The van der Waals surface area contributed by atoms with Gasteiger partial charge in [0.25, 0.3) is 5.56 Å². The van der Waals surface area contributed by atoms with Gasteiger partial charge in [-0.15, -0.1) is 0 Å². The van der Waals surface area contributed by atoms with E-state index in [0.717, 1.165) is 21.4 Å². The lowest BCUT2D eigenvalue weighted by molar-refractivity contribution is -0.117. The van der Waals surface area contributed by atoms with E-state index in [4.69, 9.17) is 11.6 Å². The summed E-state index contributed by atoms with van der Waals surface area (Å²) in [7, 11) is 0. The minimum absolute atomic E-state index is 0.192. The molecule has 0 atom stereocenters. The fraction of sp³-hybridized carbons (Fsp3) is 0.150. The summed E-state index contributed by atoms with van der Waals surface area (Å²) in [5.74, 6) is -0.370. The van der Waals surface area contributed by atoms with Gasteiger partial charge in [0.1, 0.15) is 6.54 Å². The van der Waals surface area contributed by atoms with E-state index in [2.05, 4.69) is 16.5 Å². The molecule has 0 saturated heterocycles. The molecule has 0 radical (unpaired) electrons. The maximum absolute atomic E-state index is 12.3. The number of amides is 1. The Morgan fingerprint density at radius 2 is 1.88 bits per heavy atom. The van der Waals surface area contributed by atoms with Crippen LogP contribution in [-0.4, -0.2) is 15.7 Å². The third-order valence-electron chi connectivity index (χ3n) is 3.97. The van der Waals surface area contributed by atoms with Crippen molar-refractivity contribution in [2.75, 3.05) is 5.32 Å². The second kappa shape index (κ2) is 7.54. The van der Waals surface area contributed by atoms with Crippen molar-refractivity contribution in [2.24, 2.45) is 0 Å². The van der Waals surface area contributed by atoms with Crippen molar-refractivity contribution in [1.29, 1.82) is 0 Å². The zero-order chi connectivity index (χ0) is 18.7. The number of carbonyl (C=O) groups is 1. The molecule has 132 valence electrons. The monoisotopic (exact) mass is 367 g/mol. The van der Waals surface area contributed by atoms with Crippen LogP contribution < -0.4 is 10.9 Å². The van der Waals surface area contributed by atoms with Crippen molar-refractivity contribution in [1.82, 2.24) is 9.78 Å². The van der Waals surface area contributed by atoms with Gasteiger partial charge in [0.15, 0.2) is 0 Å². The topological polar surface area (TPSA) is 64.0 Å². The van der Waals surface area contributed by atoms with E-state index in [1.165, 1.54) is 6.07 Å². The van der Waals surface area contributed by atoms with Crippen LogP contribution in [0.5, 0.6) is 0 Å². The van der Waals surface area contributed by atoms with E-state index in [-0.39, 0.29) is 18.0 Å². The van der Waals surface area contributed by atoms with Gasteiger partial charge in [0.2, 0.25) is 5.91 Å². The van der Waals surface area contributed by atoms with Gasteiger partial charge >= 0.3 is 0 Å². The number of aryl methyl sites for hydroxylation is 2. The van der Waals surface area contributed by atoms with E-state index in [1.54, 1.807) is 30.3 Å². The predicted molar refractivity (Wildman–Crippen MR) is 103 cm³/mol. The van der Waals surface area contributed by atoms with Gasteiger partial charge < -0.3 is 5.32 Å². The molecule has 5 nitrogen and oxygen atoms in total. The van der Waals surface area contributed by atoms with Gasteiger partial charge in [-0.05, 0) is 37.6 Å². The first kappa shape index (κ1) is 17.9. The van der Waals surface area contributed by atoms with Crippen molar-refractivity contribution in [2.45, 2.75) is 20.4 Å². The average Bonchev–Trinajstić information content (AvgIpc) is 2.59. The highest BCUT2D eigenvalue weighted by atomic mass is 35.5. The number of nitrogens with one attached hydrogen (secondary N) is 1. The maximum Gasteiger partial charge on any atom is 0.267 e.